The minimum absolute atomic E-state index is 0.0128. The predicted octanol–water partition coefficient (Wildman–Crippen LogP) is 3.87. The standard InChI is InChI=1S/C21H22O5/c1-21(2)12-17(23)20-18(25-4)10-13(11-19(20)26-21)9-16(22)14-5-7-15(24-3)8-6-14/h5-8,10-11H,9,12H2,1-4H3. The number of ketones is 2. The van der Waals surface area contributed by atoms with Crippen LogP contribution in [0, 0.1) is 0 Å². The number of carbonyl (C=O) groups excluding carboxylic acids is 2. The van der Waals surface area contributed by atoms with E-state index >= 15 is 0 Å². The lowest BCUT2D eigenvalue weighted by atomic mass is 9.91. The Morgan fingerprint density at radius 1 is 1.12 bits per heavy atom. The Morgan fingerprint density at radius 2 is 1.81 bits per heavy atom. The molecule has 3 rings (SSSR count). The van der Waals surface area contributed by atoms with Gasteiger partial charge in [0.25, 0.3) is 0 Å². The molecule has 0 aromatic heterocycles. The zero-order valence-electron chi connectivity index (χ0n) is 15.4. The first-order valence-corrected chi connectivity index (χ1v) is 8.43. The average molecular weight is 354 g/mol. The molecular weight excluding hydrogens is 332 g/mol. The van der Waals surface area contributed by atoms with Crippen molar-refractivity contribution in [2.24, 2.45) is 0 Å². The van der Waals surface area contributed by atoms with E-state index in [9.17, 15) is 9.59 Å². The van der Waals surface area contributed by atoms with Crippen LogP contribution in [-0.2, 0) is 6.42 Å². The number of benzene rings is 2. The molecule has 2 aromatic carbocycles. The molecule has 0 amide bonds. The maximum absolute atomic E-state index is 12.6. The number of fused-ring (bicyclic) bond motifs is 1. The number of carbonyl (C=O) groups is 2. The summed E-state index contributed by atoms with van der Waals surface area (Å²) in [5, 5.41) is 0. The Morgan fingerprint density at radius 3 is 2.42 bits per heavy atom. The van der Waals surface area contributed by atoms with Crippen LogP contribution in [0.25, 0.3) is 0 Å². The molecular formula is C21H22O5. The molecule has 5 heteroatoms. The van der Waals surface area contributed by atoms with Crippen molar-refractivity contribution in [2.45, 2.75) is 32.3 Å². The summed E-state index contributed by atoms with van der Waals surface area (Å²) in [5.41, 5.74) is 1.22. The Balaban J connectivity index is 1.91. The van der Waals surface area contributed by atoms with Crippen LogP contribution in [0.1, 0.15) is 46.5 Å². The lowest BCUT2D eigenvalue weighted by Gasteiger charge is -2.32. The van der Waals surface area contributed by atoms with Crippen molar-refractivity contribution < 1.29 is 23.8 Å². The summed E-state index contributed by atoms with van der Waals surface area (Å²) in [6.45, 7) is 3.74. The monoisotopic (exact) mass is 354 g/mol. The van der Waals surface area contributed by atoms with E-state index in [0.717, 1.165) is 5.56 Å². The van der Waals surface area contributed by atoms with Gasteiger partial charge in [-0.1, -0.05) is 0 Å². The summed E-state index contributed by atoms with van der Waals surface area (Å²) in [6, 6.07) is 10.5. The van der Waals surface area contributed by atoms with E-state index in [0.29, 0.717) is 34.8 Å². The second-order valence-electron chi connectivity index (χ2n) is 6.96. The first-order chi connectivity index (χ1) is 12.3. The van der Waals surface area contributed by atoms with Gasteiger partial charge < -0.3 is 14.2 Å². The zero-order valence-corrected chi connectivity index (χ0v) is 15.4. The highest BCUT2D eigenvalue weighted by atomic mass is 16.5. The molecule has 0 bridgehead atoms. The van der Waals surface area contributed by atoms with E-state index in [1.807, 2.05) is 13.8 Å². The Hall–Kier alpha value is -2.82. The first kappa shape index (κ1) is 18.0. The van der Waals surface area contributed by atoms with Gasteiger partial charge in [0.2, 0.25) is 0 Å². The minimum Gasteiger partial charge on any atom is -0.497 e. The fourth-order valence-electron chi connectivity index (χ4n) is 3.14. The van der Waals surface area contributed by atoms with Crippen LogP contribution >= 0.6 is 0 Å². The molecule has 0 unspecified atom stereocenters. The van der Waals surface area contributed by atoms with Crippen LogP contribution in [-0.4, -0.2) is 31.4 Å². The number of hydrogen-bond acceptors (Lipinski definition) is 5. The van der Waals surface area contributed by atoms with Crippen molar-refractivity contribution in [3.63, 3.8) is 0 Å². The van der Waals surface area contributed by atoms with Crippen molar-refractivity contribution in [2.75, 3.05) is 14.2 Å². The van der Waals surface area contributed by atoms with Gasteiger partial charge in [-0.15, -0.1) is 0 Å². The highest BCUT2D eigenvalue weighted by molar-refractivity contribution is 6.03. The lowest BCUT2D eigenvalue weighted by molar-refractivity contribution is 0.0613. The highest BCUT2D eigenvalue weighted by Gasteiger charge is 2.35. The fourth-order valence-corrected chi connectivity index (χ4v) is 3.14. The van der Waals surface area contributed by atoms with Crippen molar-refractivity contribution in [1.29, 1.82) is 0 Å². The Labute approximate surface area is 152 Å². The van der Waals surface area contributed by atoms with Crippen LogP contribution in [0.3, 0.4) is 0 Å². The Kier molecular flexibility index (Phi) is 4.72. The van der Waals surface area contributed by atoms with E-state index in [1.54, 1.807) is 43.5 Å². The van der Waals surface area contributed by atoms with E-state index in [2.05, 4.69) is 0 Å². The Bertz CT molecular complexity index is 849. The molecule has 1 aliphatic heterocycles. The van der Waals surface area contributed by atoms with Gasteiger partial charge in [0.1, 0.15) is 28.4 Å². The molecule has 0 atom stereocenters. The minimum atomic E-state index is -0.576. The molecule has 2 aromatic rings. The summed E-state index contributed by atoms with van der Waals surface area (Å²) in [6.07, 6.45) is 0.481. The average Bonchev–Trinajstić information content (AvgIpc) is 2.59. The summed E-state index contributed by atoms with van der Waals surface area (Å²) in [4.78, 5) is 25.0. The number of hydrogen-bond donors (Lipinski definition) is 0. The summed E-state index contributed by atoms with van der Waals surface area (Å²) in [7, 11) is 3.09. The van der Waals surface area contributed by atoms with Gasteiger partial charge in [0, 0.05) is 12.0 Å². The van der Waals surface area contributed by atoms with Gasteiger partial charge in [-0.3, -0.25) is 9.59 Å². The quantitative estimate of drug-likeness (QED) is 0.763. The van der Waals surface area contributed by atoms with Crippen molar-refractivity contribution >= 4 is 11.6 Å². The molecule has 0 radical (unpaired) electrons. The van der Waals surface area contributed by atoms with Gasteiger partial charge in [-0.05, 0) is 55.8 Å². The largest absolute Gasteiger partial charge is 0.497 e. The third kappa shape index (κ3) is 3.57. The van der Waals surface area contributed by atoms with Gasteiger partial charge in [0.15, 0.2) is 11.6 Å². The van der Waals surface area contributed by atoms with Gasteiger partial charge in [-0.2, -0.15) is 0 Å². The maximum atomic E-state index is 12.6. The van der Waals surface area contributed by atoms with E-state index in [4.69, 9.17) is 14.2 Å². The molecule has 0 aliphatic carbocycles. The fraction of sp³-hybridized carbons (Fsp3) is 0.333. The SMILES string of the molecule is COc1ccc(C(=O)Cc2cc(OC)c3c(c2)OC(C)(C)CC3=O)cc1. The normalized spacial score (nSPS) is 15.0. The van der Waals surface area contributed by atoms with Crippen LogP contribution in [0.2, 0.25) is 0 Å². The smallest absolute Gasteiger partial charge is 0.174 e. The molecule has 0 saturated heterocycles. The molecule has 26 heavy (non-hydrogen) atoms. The number of methoxy groups -OCH3 is 2. The van der Waals surface area contributed by atoms with Crippen molar-refractivity contribution in [3.05, 3.63) is 53.1 Å². The second kappa shape index (κ2) is 6.83. The topological polar surface area (TPSA) is 61.8 Å². The molecule has 136 valence electrons. The summed E-state index contributed by atoms with van der Waals surface area (Å²) in [5.74, 6) is 1.58. The number of Topliss-reactive ketones (excluding diaryl/α,β-unsaturated/α-hetero) is 2. The number of rotatable bonds is 5. The second-order valence-corrected chi connectivity index (χ2v) is 6.96. The lowest BCUT2D eigenvalue weighted by Crippen LogP contribution is -2.36. The predicted molar refractivity (Wildman–Crippen MR) is 97.7 cm³/mol. The molecule has 0 N–H and O–H groups in total. The van der Waals surface area contributed by atoms with Crippen LogP contribution in [0.4, 0.5) is 0 Å². The van der Waals surface area contributed by atoms with Gasteiger partial charge in [0.05, 0.1) is 20.6 Å². The molecule has 1 aliphatic rings. The third-order valence-corrected chi connectivity index (χ3v) is 4.37. The zero-order chi connectivity index (χ0) is 18.9. The molecule has 1 heterocycles. The highest BCUT2D eigenvalue weighted by Crippen LogP contribution is 2.39. The molecule has 5 nitrogen and oxygen atoms in total. The molecule has 0 spiro atoms. The van der Waals surface area contributed by atoms with Gasteiger partial charge >= 0.3 is 0 Å². The maximum Gasteiger partial charge on any atom is 0.174 e. The van der Waals surface area contributed by atoms with Gasteiger partial charge in [-0.25, -0.2) is 0 Å². The van der Waals surface area contributed by atoms with Crippen LogP contribution in [0.15, 0.2) is 36.4 Å². The number of ether oxygens (including phenoxy) is 3. The van der Waals surface area contributed by atoms with E-state index in [1.165, 1.54) is 7.11 Å². The molecule has 0 fully saturated rings. The van der Waals surface area contributed by atoms with Crippen molar-refractivity contribution in [3.8, 4) is 17.2 Å². The van der Waals surface area contributed by atoms with Crippen LogP contribution in [0.5, 0.6) is 17.2 Å². The first-order valence-electron chi connectivity index (χ1n) is 8.43. The summed E-state index contributed by atoms with van der Waals surface area (Å²) >= 11 is 0. The summed E-state index contributed by atoms with van der Waals surface area (Å²) < 4.78 is 16.5. The molecule has 0 saturated carbocycles. The third-order valence-electron chi connectivity index (χ3n) is 4.37. The van der Waals surface area contributed by atoms with E-state index in [-0.39, 0.29) is 18.0 Å². The van der Waals surface area contributed by atoms with Crippen molar-refractivity contribution in [1.82, 2.24) is 0 Å². The van der Waals surface area contributed by atoms with Crippen LogP contribution < -0.4 is 14.2 Å². The van der Waals surface area contributed by atoms with E-state index < -0.39 is 5.60 Å².